The number of carbonyl (C=O) groups is 1. The molecule has 2 fully saturated rings. The fraction of sp³-hybridized carbons (Fsp3) is 0.370. The van der Waals surface area contributed by atoms with E-state index in [0.29, 0.717) is 49.0 Å². The SMILES string of the molecule is Cc1c(Oc2ccc(C3COS(O)(O)OC3)cc2)ncnc1OC1CCN(C(=O)OCc2ccccc2)CC1. The standard InChI is InChI=1S/C27H31N3O8S/c1-19-25(37-23-9-7-21(8-10-23)22-16-35-39(32,33)36-17-22)28-18-29-26(19)38-24-11-13-30(14-12-24)27(31)34-15-20-5-3-2-4-6-20/h2-10,18,22,24,32-33H,11-17H2,1H3. The smallest absolute Gasteiger partial charge is 0.410 e. The molecule has 11 nitrogen and oxygen atoms in total. The van der Waals surface area contributed by atoms with Crippen LogP contribution in [0.15, 0.2) is 60.9 Å². The average molecular weight is 558 g/mol. The van der Waals surface area contributed by atoms with Crippen LogP contribution in [0.4, 0.5) is 4.79 Å². The molecule has 2 saturated heterocycles. The minimum absolute atomic E-state index is 0.0951. The second kappa shape index (κ2) is 12.2. The van der Waals surface area contributed by atoms with Crippen molar-refractivity contribution in [3.63, 3.8) is 0 Å². The summed E-state index contributed by atoms with van der Waals surface area (Å²) in [5.74, 6) is 1.29. The number of amides is 1. The number of hydrogen-bond acceptors (Lipinski definition) is 10. The highest BCUT2D eigenvalue weighted by molar-refractivity contribution is 8.16. The topological polar surface area (TPSA) is 133 Å². The van der Waals surface area contributed by atoms with Crippen LogP contribution in [-0.4, -0.2) is 62.5 Å². The van der Waals surface area contributed by atoms with Gasteiger partial charge in [0.1, 0.15) is 24.8 Å². The van der Waals surface area contributed by atoms with Crippen molar-refractivity contribution in [1.82, 2.24) is 14.9 Å². The highest BCUT2D eigenvalue weighted by atomic mass is 32.3. The first kappa shape index (κ1) is 27.2. The van der Waals surface area contributed by atoms with Gasteiger partial charge < -0.3 is 19.1 Å². The summed E-state index contributed by atoms with van der Waals surface area (Å²) in [6, 6.07) is 16.9. The normalized spacial score (nSPS) is 18.8. The predicted molar refractivity (Wildman–Crippen MR) is 143 cm³/mol. The first-order valence-electron chi connectivity index (χ1n) is 12.6. The Morgan fingerprint density at radius 1 is 1.00 bits per heavy atom. The molecule has 3 aromatic rings. The van der Waals surface area contributed by atoms with Crippen molar-refractivity contribution in [2.45, 2.75) is 38.4 Å². The maximum Gasteiger partial charge on any atom is 0.410 e. The van der Waals surface area contributed by atoms with E-state index in [0.717, 1.165) is 11.1 Å². The first-order chi connectivity index (χ1) is 18.9. The van der Waals surface area contributed by atoms with Crippen molar-refractivity contribution in [2.75, 3.05) is 26.3 Å². The van der Waals surface area contributed by atoms with E-state index in [-0.39, 0.29) is 37.9 Å². The monoisotopic (exact) mass is 557 g/mol. The lowest BCUT2D eigenvalue weighted by Crippen LogP contribution is -2.42. The number of nitrogens with zero attached hydrogens (tertiary/aromatic N) is 3. The van der Waals surface area contributed by atoms with Gasteiger partial charge in [-0.1, -0.05) is 42.5 Å². The van der Waals surface area contributed by atoms with Gasteiger partial charge in [-0.3, -0.25) is 17.5 Å². The molecule has 2 aliphatic heterocycles. The average Bonchev–Trinajstić information content (AvgIpc) is 2.95. The lowest BCUT2D eigenvalue weighted by Gasteiger charge is -2.33. The van der Waals surface area contributed by atoms with Crippen molar-refractivity contribution in [3.05, 3.63) is 77.6 Å². The molecule has 1 amide bonds. The Hall–Kier alpha value is -3.42. The number of rotatable bonds is 7. The molecule has 2 aromatic carbocycles. The van der Waals surface area contributed by atoms with Gasteiger partial charge in [0.2, 0.25) is 22.9 Å². The molecular weight excluding hydrogens is 526 g/mol. The van der Waals surface area contributed by atoms with Gasteiger partial charge in [-0.15, -0.1) is 0 Å². The fourth-order valence-electron chi connectivity index (χ4n) is 4.30. The molecule has 0 saturated carbocycles. The summed E-state index contributed by atoms with van der Waals surface area (Å²) in [4.78, 5) is 22.7. The molecule has 208 valence electrons. The molecule has 12 heteroatoms. The van der Waals surface area contributed by atoms with E-state index in [4.69, 9.17) is 22.6 Å². The van der Waals surface area contributed by atoms with E-state index >= 15 is 0 Å². The number of likely N-dealkylation sites (tertiary alicyclic amines) is 1. The van der Waals surface area contributed by atoms with Crippen LogP contribution in [0.25, 0.3) is 0 Å². The first-order valence-corrected chi connectivity index (χ1v) is 14.0. The van der Waals surface area contributed by atoms with E-state index in [2.05, 4.69) is 9.97 Å². The van der Waals surface area contributed by atoms with Gasteiger partial charge in [-0.2, -0.15) is 0 Å². The second-order valence-corrected chi connectivity index (χ2v) is 10.7. The van der Waals surface area contributed by atoms with Gasteiger partial charge >= 0.3 is 6.09 Å². The molecule has 5 rings (SSSR count). The Labute approximate surface area is 228 Å². The molecule has 39 heavy (non-hydrogen) atoms. The summed E-state index contributed by atoms with van der Waals surface area (Å²) in [6.45, 7) is 3.47. The van der Waals surface area contributed by atoms with Gasteiger partial charge in [0, 0.05) is 31.8 Å². The summed E-state index contributed by atoms with van der Waals surface area (Å²) in [5.41, 5.74) is 2.55. The highest BCUT2D eigenvalue weighted by Gasteiger charge is 2.30. The second-order valence-electron chi connectivity index (χ2n) is 9.34. The molecule has 0 unspecified atom stereocenters. The number of carbonyl (C=O) groups excluding carboxylic acids is 1. The van der Waals surface area contributed by atoms with Crippen LogP contribution in [0.5, 0.6) is 17.5 Å². The Morgan fingerprint density at radius 3 is 2.36 bits per heavy atom. The summed E-state index contributed by atoms with van der Waals surface area (Å²) >= 11 is -3.38. The minimum atomic E-state index is -3.38. The highest BCUT2D eigenvalue weighted by Crippen LogP contribution is 2.46. The quantitative estimate of drug-likeness (QED) is 0.385. The third kappa shape index (κ3) is 7.16. The van der Waals surface area contributed by atoms with E-state index in [1.807, 2.05) is 49.4 Å². The predicted octanol–water partition coefficient (Wildman–Crippen LogP) is 5.47. The number of aromatic nitrogens is 2. The largest absolute Gasteiger partial charge is 0.474 e. The van der Waals surface area contributed by atoms with Crippen molar-refractivity contribution in [2.24, 2.45) is 0 Å². The Morgan fingerprint density at radius 2 is 1.67 bits per heavy atom. The zero-order chi connectivity index (χ0) is 27.2. The van der Waals surface area contributed by atoms with Crippen molar-refractivity contribution < 1.29 is 36.5 Å². The van der Waals surface area contributed by atoms with Gasteiger partial charge in [-0.05, 0) is 30.2 Å². The number of piperidine rings is 1. The molecule has 2 aliphatic rings. The minimum Gasteiger partial charge on any atom is -0.474 e. The van der Waals surface area contributed by atoms with E-state index in [1.54, 1.807) is 17.0 Å². The van der Waals surface area contributed by atoms with Crippen molar-refractivity contribution in [3.8, 4) is 17.5 Å². The van der Waals surface area contributed by atoms with Gasteiger partial charge in [0.05, 0.1) is 18.8 Å². The van der Waals surface area contributed by atoms with E-state index in [1.165, 1.54) is 6.33 Å². The van der Waals surface area contributed by atoms with Crippen molar-refractivity contribution in [1.29, 1.82) is 0 Å². The van der Waals surface area contributed by atoms with Crippen LogP contribution < -0.4 is 9.47 Å². The molecule has 3 heterocycles. The molecule has 0 aliphatic carbocycles. The van der Waals surface area contributed by atoms with E-state index < -0.39 is 11.2 Å². The maximum absolute atomic E-state index is 12.4. The van der Waals surface area contributed by atoms with Crippen LogP contribution in [0.3, 0.4) is 0 Å². The Balaban J connectivity index is 1.12. The number of hydrogen-bond donors (Lipinski definition) is 2. The van der Waals surface area contributed by atoms with Gasteiger partial charge in [-0.25, -0.2) is 14.8 Å². The summed E-state index contributed by atoms with van der Waals surface area (Å²) in [5, 5.41) is 0. The van der Waals surface area contributed by atoms with Crippen LogP contribution in [0.1, 0.15) is 35.4 Å². The zero-order valence-electron chi connectivity index (χ0n) is 21.5. The molecular formula is C27H31N3O8S. The lowest BCUT2D eigenvalue weighted by molar-refractivity contribution is 0.0621. The fourth-order valence-corrected chi connectivity index (χ4v) is 5.05. The van der Waals surface area contributed by atoms with Gasteiger partial charge in [0.15, 0.2) is 0 Å². The Bertz CT molecular complexity index is 1240. The summed E-state index contributed by atoms with van der Waals surface area (Å²) in [7, 11) is 0. The van der Waals surface area contributed by atoms with Crippen LogP contribution in [0, 0.1) is 6.92 Å². The van der Waals surface area contributed by atoms with Crippen LogP contribution >= 0.6 is 11.2 Å². The molecule has 2 N–H and O–H groups in total. The molecule has 0 spiro atoms. The van der Waals surface area contributed by atoms with Crippen molar-refractivity contribution >= 4 is 17.2 Å². The zero-order valence-corrected chi connectivity index (χ0v) is 22.3. The molecule has 0 radical (unpaired) electrons. The number of ether oxygens (including phenoxy) is 3. The van der Waals surface area contributed by atoms with Crippen LogP contribution in [0.2, 0.25) is 0 Å². The van der Waals surface area contributed by atoms with Crippen LogP contribution in [-0.2, 0) is 19.7 Å². The summed E-state index contributed by atoms with van der Waals surface area (Å²) in [6.07, 6.45) is 2.30. The number of benzene rings is 2. The summed E-state index contributed by atoms with van der Waals surface area (Å²) < 4.78 is 46.4. The van der Waals surface area contributed by atoms with E-state index in [9.17, 15) is 13.9 Å². The third-order valence-corrected chi connectivity index (χ3v) is 7.47. The maximum atomic E-state index is 12.4. The van der Waals surface area contributed by atoms with Gasteiger partial charge in [0.25, 0.3) is 0 Å². The lowest BCUT2D eigenvalue weighted by atomic mass is 10.0. The molecule has 1 aromatic heterocycles. The molecule has 0 bridgehead atoms. The molecule has 0 atom stereocenters. The third-order valence-electron chi connectivity index (χ3n) is 6.59. The Kier molecular flexibility index (Phi) is 8.48.